The fraction of sp³-hybridized carbons (Fsp3) is 0.154. The number of methoxy groups -OCH3 is 1. The number of hydrogen-bond acceptors (Lipinski definition) is 6. The summed E-state index contributed by atoms with van der Waals surface area (Å²) in [6.45, 7) is 0. The smallest absolute Gasteiger partial charge is 0.250 e. The van der Waals surface area contributed by atoms with E-state index in [4.69, 9.17) is 9.47 Å². The molecule has 0 radical (unpaired) electrons. The van der Waals surface area contributed by atoms with Gasteiger partial charge in [0, 0.05) is 7.05 Å². The van der Waals surface area contributed by atoms with E-state index in [0.29, 0.717) is 34.5 Å². The maximum Gasteiger partial charge on any atom is 0.250 e. The predicted octanol–water partition coefficient (Wildman–Crippen LogP) is 2.20. The Morgan fingerprint density at radius 3 is 2.70 bits per heavy atom. The number of ether oxygens (including phenoxy) is 2. The van der Waals surface area contributed by atoms with Crippen LogP contribution in [0.4, 0.5) is 5.95 Å². The number of nitrogens with zero attached hydrogens (tertiary/aromatic N) is 3. The van der Waals surface area contributed by atoms with E-state index in [0.717, 1.165) is 0 Å². The van der Waals surface area contributed by atoms with Crippen molar-refractivity contribution in [2.45, 2.75) is 0 Å². The Balaban J connectivity index is 2.07. The van der Waals surface area contributed by atoms with Gasteiger partial charge in [0.15, 0.2) is 17.1 Å². The summed E-state index contributed by atoms with van der Waals surface area (Å²) < 4.78 is 11.1. The van der Waals surface area contributed by atoms with Gasteiger partial charge in [-0.1, -0.05) is 12.1 Å². The lowest BCUT2D eigenvalue weighted by Crippen LogP contribution is -2.00. The SMILES string of the molecule is CNc1nc(Oc2ccccc2OC)c2[nH]cnc2n1. The molecular formula is C13H13N5O2. The van der Waals surface area contributed by atoms with Crippen molar-refractivity contribution >= 4 is 17.1 Å². The maximum atomic E-state index is 5.83. The van der Waals surface area contributed by atoms with Crippen LogP contribution in [0.5, 0.6) is 17.4 Å². The summed E-state index contributed by atoms with van der Waals surface area (Å²) in [6.07, 6.45) is 1.55. The summed E-state index contributed by atoms with van der Waals surface area (Å²) >= 11 is 0. The van der Waals surface area contributed by atoms with Gasteiger partial charge in [0.2, 0.25) is 5.95 Å². The topological polar surface area (TPSA) is 85.0 Å². The Morgan fingerprint density at radius 2 is 1.95 bits per heavy atom. The summed E-state index contributed by atoms with van der Waals surface area (Å²) in [5.74, 6) is 2.03. The van der Waals surface area contributed by atoms with Gasteiger partial charge < -0.3 is 19.8 Å². The van der Waals surface area contributed by atoms with Gasteiger partial charge >= 0.3 is 0 Å². The highest BCUT2D eigenvalue weighted by Gasteiger charge is 2.13. The highest BCUT2D eigenvalue weighted by molar-refractivity contribution is 5.77. The molecule has 0 spiro atoms. The zero-order valence-electron chi connectivity index (χ0n) is 11.0. The summed E-state index contributed by atoms with van der Waals surface area (Å²) in [7, 11) is 3.33. The van der Waals surface area contributed by atoms with Crippen LogP contribution in [0.1, 0.15) is 0 Å². The molecule has 102 valence electrons. The zero-order valence-corrected chi connectivity index (χ0v) is 11.0. The quantitative estimate of drug-likeness (QED) is 0.756. The zero-order chi connectivity index (χ0) is 13.9. The Morgan fingerprint density at radius 1 is 1.15 bits per heavy atom. The Labute approximate surface area is 115 Å². The standard InChI is InChI=1S/C13H13N5O2/c1-14-13-17-11-10(15-7-16-11)12(18-13)20-9-6-4-3-5-8(9)19-2/h3-7H,1-2H3,(H2,14,15,16,17,18). The predicted molar refractivity (Wildman–Crippen MR) is 74.3 cm³/mol. The molecule has 20 heavy (non-hydrogen) atoms. The number of para-hydroxylation sites is 2. The van der Waals surface area contributed by atoms with Gasteiger partial charge in [-0.15, -0.1) is 0 Å². The number of imidazole rings is 1. The van der Waals surface area contributed by atoms with Gasteiger partial charge in [0.1, 0.15) is 5.52 Å². The second kappa shape index (κ2) is 5.04. The van der Waals surface area contributed by atoms with E-state index in [-0.39, 0.29) is 0 Å². The number of H-pyrrole nitrogens is 1. The fourth-order valence-electron chi connectivity index (χ4n) is 1.80. The first-order chi connectivity index (χ1) is 9.81. The minimum atomic E-state index is 0.390. The molecule has 3 rings (SSSR count). The van der Waals surface area contributed by atoms with Crippen molar-refractivity contribution in [2.75, 3.05) is 19.5 Å². The third kappa shape index (κ3) is 2.09. The second-order valence-corrected chi connectivity index (χ2v) is 3.96. The van der Waals surface area contributed by atoms with Gasteiger partial charge in [0.05, 0.1) is 13.4 Å². The summed E-state index contributed by atoms with van der Waals surface area (Å²) in [5, 5.41) is 2.88. The molecule has 0 aliphatic rings. The van der Waals surface area contributed by atoms with Crippen LogP contribution >= 0.6 is 0 Å². The first kappa shape index (κ1) is 12.2. The lowest BCUT2D eigenvalue weighted by Gasteiger charge is -2.10. The minimum absolute atomic E-state index is 0.390. The number of anilines is 1. The molecule has 0 saturated heterocycles. The molecule has 3 aromatic rings. The lowest BCUT2D eigenvalue weighted by atomic mass is 10.3. The number of aromatic amines is 1. The van der Waals surface area contributed by atoms with E-state index in [9.17, 15) is 0 Å². The molecule has 7 heteroatoms. The van der Waals surface area contributed by atoms with Crippen LogP contribution in [-0.2, 0) is 0 Å². The maximum absolute atomic E-state index is 5.83. The molecule has 1 aromatic carbocycles. The van der Waals surface area contributed by atoms with Gasteiger partial charge in [-0.05, 0) is 12.1 Å². The van der Waals surface area contributed by atoms with Crippen molar-refractivity contribution in [1.82, 2.24) is 19.9 Å². The molecule has 0 fully saturated rings. The monoisotopic (exact) mass is 271 g/mol. The second-order valence-electron chi connectivity index (χ2n) is 3.96. The van der Waals surface area contributed by atoms with Crippen molar-refractivity contribution in [3.63, 3.8) is 0 Å². The van der Waals surface area contributed by atoms with Crippen molar-refractivity contribution < 1.29 is 9.47 Å². The summed E-state index contributed by atoms with van der Waals surface area (Å²) in [4.78, 5) is 15.6. The van der Waals surface area contributed by atoms with Crippen molar-refractivity contribution in [2.24, 2.45) is 0 Å². The molecule has 2 N–H and O–H groups in total. The van der Waals surface area contributed by atoms with Crippen molar-refractivity contribution in [1.29, 1.82) is 0 Å². The van der Waals surface area contributed by atoms with E-state index < -0.39 is 0 Å². The lowest BCUT2D eigenvalue weighted by molar-refractivity contribution is 0.375. The van der Waals surface area contributed by atoms with Crippen LogP contribution in [0.25, 0.3) is 11.2 Å². The molecule has 0 aliphatic carbocycles. The average molecular weight is 271 g/mol. The Bertz CT molecular complexity index is 740. The molecule has 0 bridgehead atoms. The number of nitrogens with one attached hydrogen (secondary N) is 2. The molecule has 0 saturated carbocycles. The summed E-state index contributed by atoms with van der Waals surface area (Å²) in [5.41, 5.74) is 1.17. The molecule has 0 atom stereocenters. The van der Waals surface area contributed by atoms with Crippen LogP contribution in [0.15, 0.2) is 30.6 Å². The minimum Gasteiger partial charge on any atom is -0.493 e. The van der Waals surface area contributed by atoms with Crippen LogP contribution in [0.3, 0.4) is 0 Å². The van der Waals surface area contributed by atoms with E-state index in [1.54, 1.807) is 20.5 Å². The Kier molecular flexibility index (Phi) is 3.08. The largest absolute Gasteiger partial charge is 0.493 e. The van der Waals surface area contributed by atoms with Gasteiger partial charge in [-0.3, -0.25) is 0 Å². The molecular weight excluding hydrogens is 258 g/mol. The number of fused-ring (bicyclic) bond motifs is 1. The average Bonchev–Trinajstić information content (AvgIpc) is 2.96. The normalized spacial score (nSPS) is 10.5. The number of benzene rings is 1. The summed E-state index contributed by atoms with van der Waals surface area (Å²) in [6, 6.07) is 7.36. The fourth-order valence-corrected chi connectivity index (χ4v) is 1.80. The molecule has 2 heterocycles. The highest BCUT2D eigenvalue weighted by atomic mass is 16.5. The van der Waals surface area contributed by atoms with E-state index >= 15 is 0 Å². The van der Waals surface area contributed by atoms with Crippen LogP contribution in [-0.4, -0.2) is 34.1 Å². The third-order valence-corrected chi connectivity index (χ3v) is 2.75. The number of hydrogen-bond donors (Lipinski definition) is 2. The highest BCUT2D eigenvalue weighted by Crippen LogP contribution is 2.32. The molecule has 7 nitrogen and oxygen atoms in total. The number of aromatic nitrogens is 4. The first-order valence-corrected chi connectivity index (χ1v) is 6.01. The van der Waals surface area contributed by atoms with Crippen molar-refractivity contribution in [3.05, 3.63) is 30.6 Å². The molecule has 0 unspecified atom stereocenters. The number of rotatable bonds is 4. The van der Waals surface area contributed by atoms with E-state index in [1.807, 2.05) is 24.3 Å². The molecule has 0 amide bonds. The third-order valence-electron chi connectivity index (χ3n) is 2.75. The van der Waals surface area contributed by atoms with E-state index in [1.165, 1.54) is 0 Å². The first-order valence-electron chi connectivity index (χ1n) is 6.01. The van der Waals surface area contributed by atoms with Gasteiger partial charge in [-0.25, -0.2) is 4.98 Å². The van der Waals surface area contributed by atoms with Crippen LogP contribution in [0.2, 0.25) is 0 Å². The Hall–Kier alpha value is -2.83. The van der Waals surface area contributed by atoms with Crippen LogP contribution in [0, 0.1) is 0 Å². The van der Waals surface area contributed by atoms with E-state index in [2.05, 4.69) is 25.3 Å². The van der Waals surface area contributed by atoms with Gasteiger partial charge in [-0.2, -0.15) is 9.97 Å². The van der Waals surface area contributed by atoms with Crippen molar-refractivity contribution in [3.8, 4) is 17.4 Å². The molecule has 2 aromatic heterocycles. The molecule has 0 aliphatic heterocycles. The van der Waals surface area contributed by atoms with Crippen LogP contribution < -0.4 is 14.8 Å². The van der Waals surface area contributed by atoms with Gasteiger partial charge in [0.25, 0.3) is 5.88 Å².